The second-order valence-corrected chi connectivity index (χ2v) is 9.91. The number of aliphatic hydroxyl groups is 1. The molecular formula is C29H25FN2O5S. The Morgan fingerprint density at radius 2 is 1.84 bits per heavy atom. The molecule has 1 saturated heterocycles. The van der Waals surface area contributed by atoms with Crippen molar-refractivity contribution in [2.45, 2.75) is 26.3 Å². The van der Waals surface area contributed by atoms with Crippen LogP contribution in [0.25, 0.3) is 16.0 Å². The lowest BCUT2D eigenvalue weighted by Gasteiger charge is -2.24. The van der Waals surface area contributed by atoms with Gasteiger partial charge in [-0.1, -0.05) is 54.2 Å². The zero-order valence-electron chi connectivity index (χ0n) is 21.0. The molecule has 1 fully saturated rings. The number of carbonyl (C=O) groups is 2. The minimum Gasteiger partial charge on any atom is -0.507 e. The molecule has 0 unspecified atom stereocenters. The van der Waals surface area contributed by atoms with Gasteiger partial charge in [-0.2, -0.15) is 0 Å². The predicted octanol–water partition coefficient (Wildman–Crippen LogP) is 6.17. The Hall–Kier alpha value is -4.24. The van der Waals surface area contributed by atoms with Crippen LogP contribution in [0.5, 0.6) is 11.5 Å². The Labute approximate surface area is 222 Å². The molecule has 38 heavy (non-hydrogen) atoms. The topological polar surface area (TPSA) is 89.0 Å². The third-order valence-corrected chi connectivity index (χ3v) is 7.30. The van der Waals surface area contributed by atoms with Crippen LogP contribution in [0.2, 0.25) is 0 Å². The quantitative estimate of drug-likeness (QED) is 0.174. The van der Waals surface area contributed by atoms with Crippen molar-refractivity contribution >= 4 is 44.1 Å². The molecule has 9 heteroatoms. The van der Waals surface area contributed by atoms with Crippen molar-refractivity contribution in [3.63, 3.8) is 0 Å². The van der Waals surface area contributed by atoms with Gasteiger partial charge in [-0.25, -0.2) is 9.37 Å². The Morgan fingerprint density at radius 1 is 1.08 bits per heavy atom. The summed E-state index contributed by atoms with van der Waals surface area (Å²) in [6.45, 7) is 4.39. The molecule has 3 aromatic carbocycles. The summed E-state index contributed by atoms with van der Waals surface area (Å²) in [5.41, 5.74) is 2.32. The molecule has 5 rings (SSSR count). The summed E-state index contributed by atoms with van der Waals surface area (Å²) >= 11 is 1.09. The maximum atomic E-state index is 13.9. The van der Waals surface area contributed by atoms with E-state index in [4.69, 9.17) is 9.47 Å². The number of carbonyl (C=O) groups excluding carboxylic acids is 2. The second kappa shape index (κ2) is 10.3. The number of hydrogen-bond donors (Lipinski definition) is 1. The van der Waals surface area contributed by atoms with Crippen LogP contribution in [0.3, 0.4) is 0 Å². The van der Waals surface area contributed by atoms with E-state index in [2.05, 4.69) is 4.98 Å². The highest BCUT2D eigenvalue weighted by atomic mass is 32.1. The van der Waals surface area contributed by atoms with E-state index in [-0.39, 0.29) is 16.5 Å². The summed E-state index contributed by atoms with van der Waals surface area (Å²) in [4.78, 5) is 32.7. The number of Topliss-reactive ketones (excluding diaryl/α,β-unsaturated/α-hetero) is 1. The number of rotatable bonds is 7. The molecule has 1 N–H and O–H groups in total. The van der Waals surface area contributed by atoms with E-state index < -0.39 is 23.5 Å². The smallest absolute Gasteiger partial charge is 0.301 e. The van der Waals surface area contributed by atoms with Crippen molar-refractivity contribution in [1.82, 2.24) is 4.98 Å². The molecule has 1 aliphatic heterocycles. The maximum Gasteiger partial charge on any atom is 0.301 e. The third-order valence-electron chi connectivity index (χ3n) is 6.28. The third kappa shape index (κ3) is 4.50. The Bertz CT molecular complexity index is 1580. The van der Waals surface area contributed by atoms with Crippen LogP contribution in [-0.4, -0.2) is 35.5 Å². The SMILES string of the molecule is CCCOc1ccc([C@@H]2/C(=C(\O)c3ccc(C)cc3)C(=O)C(=O)N2c2nc3ccc(F)cc3s2)cc1OC. The van der Waals surface area contributed by atoms with Crippen LogP contribution in [-0.2, 0) is 9.59 Å². The number of nitrogens with zero attached hydrogens (tertiary/aromatic N) is 2. The number of methoxy groups -OCH3 is 1. The first-order valence-electron chi connectivity index (χ1n) is 12.1. The predicted molar refractivity (Wildman–Crippen MR) is 144 cm³/mol. The maximum absolute atomic E-state index is 13.9. The second-order valence-electron chi connectivity index (χ2n) is 8.90. The molecule has 0 spiro atoms. The molecule has 7 nitrogen and oxygen atoms in total. The van der Waals surface area contributed by atoms with Crippen molar-refractivity contribution in [2.75, 3.05) is 18.6 Å². The first-order chi connectivity index (χ1) is 18.3. The van der Waals surface area contributed by atoms with Crippen molar-refractivity contribution in [1.29, 1.82) is 0 Å². The van der Waals surface area contributed by atoms with Crippen LogP contribution in [0.15, 0.2) is 66.2 Å². The highest BCUT2D eigenvalue weighted by molar-refractivity contribution is 7.22. The number of anilines is 1. The zero-order valence-corrected chi connectivity index (χ0v) is 21.8. The Balaban J connectivity index is 1.71. The number of ether oxygens (including phenoxy) is 2. The van der Waals surface area contributed by atoms with Crippen LogP contribution in [0.1, 0.15) is 36.1 Å². The van der Waals surface area contributed by atoms with Gasteiger partial charge in [0.15, 0.2) is 16.6 Å². The minimum absolute atomic E-state index is 0.0754. The Morgan fingerprint density at radius 3 is 2.55 bits per heavy atom. The number of ketones is 1. The van der Waals surface area contributed by atoms with E-state index in [0.717, 1.165) is 23.3 Å². The fraction of sp³-hybridized carbons (Fsp3) is 0.207. The highest BCUT2D eigenvalue weighted by Gasteiger charge is 2.48. The van der Waals surface area contributed by atoms with Crippen LogP contribution in [0, 0.1) is 12.7 Å². The molecule has 1 aromatic heterocycles. The molecular weight excluding hydrogens is 507 g/mol. The molecule has 0 radical (unpaired) electrons. The van der Waals surface area contributed by atoms with Crippen molar-refractivity contribution < 1.29 is 28.6 Å². The molecule has 0 saturated carbocycles. The number of fused-ring (bicyclic) bond motifs is 1. The summed E-state index contributed by atoms with van der Waals surface area (Å²) in [6.07, 6.45) is 0.805. The van der Waals surface area contributed by atoms with Crippen molar-refractivity contribution in [3.05, 3.63) is 88.7 Å². The van der Waals surface area contributed by atoms with E-state index in [0.29, 0.717) is 39.4 Å². The van der Waals surface area contributed by atoms with E-state index >= 15 is 0 Å². The standard InChI is InChI=1S/C29H25FN2O5S/c1-4-13-37-21-12-9-18(14-22(21)36-3)25-24(26(33)17-7-5-16(2)6-8-17)27(34)28(35)32(25)29-31-20-11-10-19(30)15-23(20)38-29/h5-12,14-15,25,33H,4,13H2,1-3H3/b26-24+/t25-/m1/s1. The Kier molecular flexibility index (Phi) is 6.86. The van der Waals surface area contributed by atoms with Gasteiger partial charge in [0.2, 0.25) is 0 Å². The van der Waals surface area contributed by atoms with E-state index in [1.807, 2.05) is 26.0 Å². The first kappa shape index (κ1) is 25.4. The summed E-state index contributed by atoms with van der Waals surface area (Å²) in [5.74, 6) is -1.48. The van der Waals surface area contributed by atoms with Gasteiger partial charge in [0.05, 0.1) is 35.5 Å². The molecule has 194 valence electrons. The zero-order chi connectivity index (χ0) is 27.0. The van der Waals surface area contributed by atoms with Crippen molar-refractivity contribution in [2.24, 2.45) is 0 Å². The van der Waals surface area contributed by atoms with Crippen LogP contribution < -0.4 is 14.4 Å². The fourth-order valence-electron chi connectivity index (χ4n) is 4.39. The highest BCUT2D eigenvalue weighted by Crippen LogP contribution is 2.46. The van der Waals surface area contributed by atoms with E-state index in [1.165, 1.54) is 30.2 Å². The van der Waals surface area contributed by atoms with Gasteiger partial charge in [-0.05, 0) is 49.2 Å². The van der Waals surface area contributed by atoms with Gasteiger partial charge in [0, 0.05) is 5.56 Å². The number of amides is 1. The number of aliphatic hydroxyl groups excluding tert-OH is 1. The van der Waals surface area contributed by atoms with E-state index in [1.54, 1.807) is 30.3 Å². The van der Waals surface area contributed by atoms with Crippen LogP contribution >= 0.6 is 11.3 Å². The van der Waals surface area contributed by atoms with Gasteiger partial charge in [0.1, 0.15) is 11.6 Å². The lowest BCUT2D eigenvalue weighted by Crippen LogP contribution is -2.29. The summed E-state index contributed by atoms with van der Waals surface area (Å²) in [6, 6.07) is 15.3. The lowest BCUT2D eigenvalue weighted by molar-refractivity contribution is -0.132. The molecule has 4 aromatic rings. The molecule has 1 amide bonds. The molecule has 1 atom stereocenters. The molecule has 0 aliphatic carbocycles. The fourth-order valence-corrected chi connectivity index (χ4v) is 5.40. The average molecular weight is 533 g/mol. The van der Waals surface area contributed by atoms with Gasteiger partial charge < -0.3 is 14.6 Å². The molecule has 0 bridgehead atoms. The summed E-state index contributed by atoms with van der Waals surface area (Å²) in [7, 11) is 1.50. The number of aromatic nitrogens is 1. The van der Waals surface area contributed by atoms with Gasteiger partial charge in [0.25, 0.3) is 5.78 Å². The van der Waals surface area contributed by atoms with Gasteiger partial charge in [-0.15, -0.1) is 0 Å². The normalized spacial score (nSPS) is 16.8. The monoisotopic (exact) mass is 532 g/mol. The number of hydrogen-bond acceptors (Lipinski definition) is 7. The number of thiazole rings is 1. The number of halogens is 1. The first-order valence-corrected chi connectivity index (χ1v) is 12.9. The average Bonchev–Trinajstić information content (AvgIpc) is 3.44. The van der Waals surface area contributed by atoms with Gasteiger partial charge >= 0.3 is 5.91 Å². The van der Waals surface area contributed by atoms with Crippen molar-refractivity contribution in [3.8, 4) is 11.5 Å². The number of aryl methyl sites for hydroxylation is 1. The number of benzene rings is 3. The van der Waals surface area contributed by atoms with Crippen LogP contribution in [0.4, 0.5) is 9.52 Å². The minimum atomic E-state index is -1.00. The summed E-state index contributed by atoms with van der Waals surface area (Å²) < 4.78 is 25.7. The largest absolute Gasteiger partial charge is 0.507 e. The lowest BCUT2D eigenvalue weighted by atomic mass is 9.95. The molecule has 1 aliphatic rings. The van der Waals surface area contributed by atoms with E-state index in [9.17, 15) is 19.1 Å². The van der Waals surface area contributed by atoms with Gasteiger partial charge in [-0.3, -0.25) is 14.5 Å². The molecule has 2 heterocycles. The summed E-state index contributed by atoms with van der Waals surface area (Å²) in [5, 5.41) is 11.5.